The molecular weight excluding hydrogens is 275 g/mol. The van der Waals surface area contributed by atoms with Crippen molar-refractivity contribution in [3.8, 4) is 0 Å². The lowest BCUT2D eigenvalue weighted by molar-refractivity contribution is 0.519. The molecule has 0 saturated carbocycles. The van der Waals surface area contributed by atoms with Gasteiger partial charge in [-0.2, -0.15) is 4.37 Å². The largest absolute Gasteiger partial charge is 0.367 e. The lowest BCUT2D eigenvalue weighted by Crippen LogP contribution is -2.42. The van der Waals surface area contributed by atoms with Crippen LogP contribution >= 0.6 is 11.5 Å². The van der Waals surface area contributed by atoms with Gasteiger partial charge in [-0.3, -0.25) is 0 Å². The van der Waals surface area contributed by atoms with Crippen LogP contribution in [0.2, 0.25) is 0 Å². The Morgan fingerprint density at radius 3 is 3.00 bits per heavy atom. The molecule has 1 aliphatic heterocycles. The summed E-state index contributed by atoms with van der Waals surface area (Å²) >= 11 is 1.38. The first kappa shape index (κ1) is 13.3. The van der Waals surface area contributed by atoms with Gasteiger partial charge in [-0.1, -0.05) is 12.1 Å². The first-order chi connectivity index (χ1) is 9.72. The van der Waals surface area contributed by atoms with Crippen molar-refractivity contribution >= 4 is 22.4 Å². The predicted molar refractivity (Wildman–Crippen MR) is 79.9 cm³/mol. The molecule has 1 unspecified atom stereocenters. The Hall–Kier alpha value is -1.69. The van der Waals surface area contributed by atoms with Crippen LogP contribution in [0, 0.1) is 12.7 Å². The van der Waals surface area contributed by atoms with Crippen molar-refractivity contribution in [2.24, 2.45) is 0 Å². The average molecular weight is 292 g/mol. The summed E-state index contributed by atoms with van der Waals surface area (Å²) in [5.41, 5.74) is 0.687. The van der Waals surface area contributed by atoms with Crippen LogP contribution in [-0.4, -0.2) is 28.5 Å². The summed E-state index contributed by atoms with van der Waals surface area (Å²) in [6, 6.07) is 7.25. The quantitative estimate of drug-likeness (QED) is 0.944. The van der Waals surface area contributed by atoms with E-state index in [0.717, 1.165) is 36.9 Å². The van der Waals surface area contributed by atoms with E-state index in [1.807, 2.05) is 19.1 Å². The highest BCUT2D eigenvalue weighted by Crippen LogP contribution is 2.24. The third-order valence-corrected chi connectivity index (χ3v) is 4.21. The molecule has 0 amide bonds. The molecule has 1 saturated heterocycles. The van der Waals surface area contributed by atoms with Gasteiger partial charge in [0.2, 0.25) is 5.13 Å². The fourth-order valence-corrected chi connectivity index (χ4v) is 3.20. The minimum Gasteiger partial charge on any atom is -0.367 e. The number of piperidine rings is 1. The SMILES string of the molecule is Cc1nsc(NC2CCCN(c3ccccc3F)C2)n1. The first-order valence-corrected chi connectivity index (χ1v) is 7.56. The average Bonchev–Trinajstić information content (AvgIpc) is 2.85. The van der Waals surface area contributed by atoms with E-state index in [-0.39, 0.29) is 11.9 Å². The molecule has 1 N–H and O–H groups in total. The molecule has 2 heterocycles. The maximum Gasteiger partial charge on any atom is 0.202 e. The number of aryl methyl sites for hydroxylation is 1. The lowest BCUT2D eigenvalue weighted by Gasteiger charge is -2.34. The van der Waals surface area contributed by atoms with Crippen molar-refractivity contribution < 1.29 is 4.39 Å². The normalized spacial score (nSPS) is 19.1. The van der Waals surface area contributed by atoms with Crippen molar-refractivity contribution in [3.63, 3.8) is 0 Å². The van der Waals surface area contributed by atoms with E-state index in [4.69, 9.17) is 0 Å². The highest BCUT2D eigenvalue weighted by molar-refractivity contribution is 7.09. The van der Waals surface area contributed by atoms with Gasteiger partial charge in [0.25, 0.3) is 0 Å². The molecule has 1 fully saturated rings. The van der Waals surface area contributed by atoms with Crippen LogP contribution in [0.5, 0.6) is 0 Å². The third kappa shape index (κ3) is 2.90. The van der Waals surface area contributed by atoms with Gasteiger partial charge in [-0.05, 0) is 31.9 Å². The van der Waals surface area contributed by atoms with E-state index in [0.29, 0.717) is 5.69 Å². The molecule has 0 bridgehead atoms. The van der Waals surface area contributed by atoms with Crippen molar-refractivity contribution in [2.45, 2.75) is 25.8 Å². The van der Waals surface area contributed by atoms with Gasteiger partial charge in [0.1, 0.15) is 11.6 Å². The van der Waals surface area contributed by atoms with Gasteiger partial charge in [0.05, 0.1) is 5.69 Å². The van der Waals surface area contributed by atoms with Crippen molar-refractivity contribution in [3.05, 3.63) is 35.9 Å². The second-order valence-electron chi connectivity index (χ2n) is 5.03. The highest BCUT2D eigenvalue weighted by atomic mass is 32.1. The Kier molecular flexibility index (Phi) is 3.82. The number of hydrogen-bond acceptors (Lipinski definition) is 5. The zero-order chi connectivity index (χ0) is 13.9. The Morgan fingerprint density at radius 1 is 1.40 bits per heavy atom. The van der Waals surface area contributed by atoms with Gasteiger partial charge in [0, 0.05) is 30.7 Å². The molecule has 3 rings (SSSR count). The maximum atomic E-state index is 13.8. The van der Waals surface area contributed by atoms with Crippen molar-refractivity contribution in [1.82, 2.24) is 9.36 Å². The summed E-state index contributed by atoms with van der Waals surface area (Å²) in [5.74, 6) is 0.638. The summed E-state index contributed by atoms with van der Waals surface area (Å²) in [6.07, 6.45) is 2.12. The molecule has 1 aromatic carbocycles. The molecule has 2 aromatic rings. The molecule has 106 valence electrons. The smallest absolute Gasteiger partial charge is 0.202 e. The van der Waals surface area contributed by atoms with Gasteiger partial charge < -0.3 is 10.2 Å². The molecule has 20 heavy (non-hydrogen) atoms. The van der Waals surface area contributed by atoms with Gasteiger partial charge >= 0.3 is 0 Å². The molecule has 1 aromatic heterocycles. The van der Waals surface area contributed by atoms with E-state index in [2.05, 4.69) is 19.6 Å². The molecule has 1 aliphatic rings. The third-order valence-electron chi connectivity index (χ3n) is 3.47. The van der Waals surface area contributed by atoms with Crippen LogP contribution in [0.15, 0.2) is 24.3 Å². The summed E-state index contributed by atoms with van der Waals surface area (Å²) in [7, 11) is 0. The first-order valence-electron chi connectivity index (χ1n) is 6.79. The van der Waals surface area contributed by atoms with E-state index < -0.39 is 0 Å². The summed E-state index contributed by atoms with van der Waals surface area (Å²) in [5, 5.41) is 4.25. The Bertz CT molecular complexity index is 586. The van der Waals surface area contributed by atoms with Crippen molar-refractivity contribution in [2.75, 3.05) is 23.3 Å². The van der Waals surface area contributed by atoms with Crippen LogP contribution in [0.4, 0.5) is 15.2 Å². The minimum atomic E-state index is -0.153. The fraction of sp³-hybridized carbons (Fsp3) is 0.429. The second-order valence-corrected chi connectivity index (χ2v) is 5.78. The Balaban J connectivity index is 1.69. The number of nitrogens with zero attached hydrogens (tertiary/aromatic N) is 3. The maximum absolute atomic E-state index is 13.8. The summed E-state index contributed by atoms with van der Waals surface area (Å²) < 4.78 is 18.0. The standard InChI is InChI=1S/C14H17FN4S/c1-10-16-14(20-18-10)17-11-5-4-8-19(9-11)13-7-3-2-6-12(13)15/h2-3,6-7,11H,4-5,8-9H2,1H3,(H,16,17,18). The molecule has 0 spiro atoms. The minimum absolute atomic E-state index is 0.153. The van der Waals surface area contributed by atoms with Gasteiger partial charge in [-0.25, -0.2) is 9.37 Å². The number of anilines is 2. The molecule has 0 aliphatic carbocycles. The van der Waals surface area contributed by atoms with Crippen LogP contribution in [-0.2, 0) is 0 Å². The Labute approximate surface area is 121 Å². The van der Waals surface area contributed by atoms with Crippen LogP contribution in [0.1, 0.15) is 18.7 Å². The zero-order valence-electron chi connectivity index (χ0n) is 11.3. The molecular formula is C14H17FN4S. The number of para-hydroxylation sites is 1. The van der Waals surface area contributed by atoms with Gasteiger partial charge in [-0.15, -0.1) is 0 Å². The number of halogens is 1. The van der Waals surface area contributed by atoms with E-state index in [9.17, 15) is 4.39 Å². The highest BCUT2D eigenvalue weighted by Gasteiger charge is 2.22. The van der Waals surface area contributed by atoms with Crippen LogP contribution < -0.4 is 10.2 Å². The predicted octanol–water partition coefficient (Wildman–Crippen LogP) is 3.07. The van der Waals surface area contributed by atoms with Crippen LogP contribution in [0.25, 0.3) is 0 Å². The van der Waals surface area contributed by atoms with Crippen LogP contribution in [0.3, 0.4) is 0 Å². The van der Waals surface area contributed by atoms with E-state index in [1.54, 1.807) is 6.07 Å². The van der Waals surface area contributed by atoms with E-state index in [1.165, 1.54) is 17.6 Å². The van der Waals surface area contributed by atoms with E-state index >= 15 is 0 Å². The summed E-state index contributed by atoms with van der Waals surface area (Å²) in [4.78, 5) is 6.43. The second kappa shape index (κ2) is 5.75. The monoisotopic (exact) mass is 292 g/mol. The molecule has 0 radical (unpaired) electrons. The topological polar surface area (TPSA) is 41.1 Å². The fourth-order valence-electron chi connectivity index (χ4n) is 2.55. The Morgan fingerprint density at radius 2 is 2.25 bits per heavy atom. The van der Waals surface area contributed by atoms with Gasteiger partial charge in [0.15, 0.2) is 0 Å². The lowest BCUT2D eigenvalue weighted by atomic mass is 10.1. The number of nitrogens with one attached hydrogen (secondary N) is 1. The molecule has 1 atom stereocenters. The number of hydrogen-bond donors (Lipinski definition) is 1. The van der Waals surface area contributed by atoms with Crippen molar-refractivity contribution in [1.29, 1.82) is 0 Å². The molecule has 6 heteroatoms. The summed E-state index contributed by atoms with van der Waals surface area (Å²) in [6.45, 7) is 3.57. The zero-order valence-corrected chi connectivity index (χ0v) is 12.2. The number of rotatable bonds is 3. The number of aromatic nitrogens is 2. The molecule has 4 nitrogen and oxygen atoms in total. The number of benzene rings is 1.